The second-order valence-corrected chi connectivity index (χ2v) is 12.8. The van der Waals surface area contributed by atoms with Crippen LogP contribution in [0.2, 0.25) is 5.02 Å². The number of methoxy groups -OCH3 is 2. The first-order valence-corrected chi connectivity index (χ1v) is 15.1. The molecule has 0 saturated carbocycles. The quantitative estimate of drug-likeness (QED) is 0.366. The van der Waals surface area contributed by atoms with Gasteiger partial charge in [0.1, 0.15) is 34.7 Å². The molecule has 0 spiro atoms. The molecule has 2 N–H and O–H groups in total. The normalized spacial score (nSPS) is 34.7. The van der Waals surface area contributed by atoms with Crippen molar-refractivity contribution in [3.8, 4) is 5.75 Å². The summed E-state index contributed by atoms with van der Waals surface area (Å²) < 4.78 is 28.8. The largest absolute Gasteiger partial charge is 0.495 e. The minimum absolute atomic E-state index is 0.00361. The number of esters is 1. The van der Waals surface area contributed by atoms with E-state index in [0.29, 0.717) is 17.9 Å². The van der Waals surface area contributed by atoms with Gasteiger partial charge in [0.2, 0.25) is 5.91 Å². The average molecular weight is 635 g/mol. The smallest absolute Gasteiger partial charge is 0.409 e. The monoisotopic (exact) mass is 634 g/mol. The van der Waals surface area contributed by atoms with Crippen molar-refractivity contribution in [2.45, 2.75) is 89.6 Å². The van der Waals surface area contributed by atoms with Crippen LogP contribution >= 0.6 is 11.6 Å². The van der Waals surface area contributed by atoms with Gasteiger partial charge in [-0.3, -0.25) is 14.9 Å². The van der Waals surface area contributed by atoms with Gasteiger partial charge in [0.05, 0.1) is 31.2 Å². The number of hydrogen-bond donors (Lipinski definition) is 2. The SMILES string of the molecule is COc1cc2cc(c1Cl)N(C)C(=O)C[C@H](OC(=O)C(C)C)[C@@]1(C)O[C@H]1[C@H](C)[C@@H]1C[C@@](O)(NC(=O)O1)[C@H](OC)/C=C/C=C(\C)C2. The van der Waals surface area contributed by atoms with Crippen molar-refractivity contribution >= 4 is 35.3 Å². The Morgan fingerprint density at radius 2 is 1.95 bits per heavy atom. The molecule has 4 rings (SSSR count). The van der Waals surface area contributed by atoms with Crippen LogP contribution < -0.4 is 15.0 Å². The van der Waals surface area contributed by atoms with Gasteiger partial charge in [-0.1, -0.05) is 56.2 Å². The summed E-state index contributed by atoms with van der Waals surface area (Å²) in [4.78, 5) is 40.7. The van der Waals surface area contributed by atoms with Gasteiger partial charge < -0.3 is 33.7 Å². The zero-order valence-corrected chi connectivity index (χ0v) is 27.3. The predicted octanol–water partition coefficient (Wildman–Crippen LogP) is 4.32. The third-order valence-electron chi connectivity index (χ3n) is 8.68. The number of nitrogens with one attached hydrogen (secondary N) is 1. The maximum absolute atomic E-state index is 13.8. The molecule has 2 saturated heterocycles. The number of nitrogens with zero attached hydrogens (tertiary/aromatic N) is 1. The van der Waals surface area contributed by atoms with Crippen molar-refractivity contribution in [3.05, 3.63) is 46.5 Å². The number of epoxide rings is 1. The first kappa shape index (κ1) is 33.8. The van der Waals surface area contributed by atoms with Gasteiger partial charge in [-0.05, 0) is 38.0 Å². The summed E-state index contributed by atoms with van der Waals surface area (Å²) in [7, 11) is 4.56. The zero-order valence-electron chi connectivity index (χ0n) is 26.5. The van der Waals surface area contributed by atoms with Gasteiger partial charge in [0.25, 0.3) is 0 Å². The van der Waals surface area contributed by atoms with Crippen molar-refractivity contribution < 1.29 is 43.2 Å². The maximum atomic E-state index is 13.8. The van der Waals surface area contributed by atoms with Crippen molar-refractivity contribution in [2.75, 3.05) is 26.2 Å². The summed E-state index contributed by atoms with van der Waals surface area (Å²) in [5, 5.41) is 14.4. The van der Waals surface area contributed by atoms with E-state index in [-0.39, 0.29) is 23.8 Å². The Morgan fingerprint density at radius 1 is 1.25 bits per heavy atom. The van der Waals surface area contributed by atoms with Crippen LogP contribution in [0, 0.1) is 11.8 Å². The number of rotatable bonds is 4. The average Bonchev–Trinajstić information content (AvgIpc) is 3.66. The van der Waals surface area contributed by atoms with Crippen molar-refractivity contribution in [1.29, 1.82) is 0 Å². The summed E-state index contributed by atoms with van der Waals surface area (Å²) in [6.45, 7) is 8.95. The van der Waals surface area contributed by atoms with Crippen LogP contribution in [0.5, 0.6) is 5.75 Å². The van der Waals surface area contributed by atoms with E-state index < -0.39 is 59.6 Å². The molecule has 2 fully saturated rings. The minimum atomic E-state index is -1.77. The Morgan fingerprint density at radius 3 is 2.59 bits per heavy atom. The molecular weight excluding hydrogens is 592 g/mol. The van der Waals surface area contributed by atoms with E-state index in [1.807, 2.05) is 32.1 Å². The van der Waals surface area contributed by atoms with E-state index >= 15 is 0 Å². The van der Waals surface area contributed by atoms with Gasteiger partial charge >= 0.3 is 12.1 Å². The van der Waals surface area contributed by atoms with Crippen LogP contribution in [0.3, 0.4) is 0 Å². The van der Waals surface area contributed by atoms with Crippen LogP contribution in [0.25, 0.3) is 0 Å². The molecule has 0 aliphatic carbocycles. The Hall–Kier alpha value is -3.12. The van der Waals surface area contributed by atoms with E-state index in [4.69, 9.17) is 35.3 Å². The summed E-state index contributed by atoms with van der Waals surface area (Å²) in [5.41, 5.74) is -0.587. The summed E-state index contributed by atoms with van der Waals surface area (Å²) >= 11 is 6.68. The number of carbonyl (C=O) groups excluding carboxylic acids is 3. The lowest BCUT2D eigenvalue weighted by molar-refractivity contribution is -0.157. The Kier molecular flexibility index (Phi) is 10.0. The fraction of sp³-hybridized carbons (Fsp3) is 0.594. The van der Waals surface area contributed by atoms with Gasteiger partial charge in [-0.25, -0.2) is 4.79 Å². The van der Waals surface area contributed by atoms with Crippen LogP contribution in [0.4, 0.5) is 10.5 Å². The van der Waals surface area contributed by atoms with Crippen molar-refractivity contribution in [3.63, 3.8) is 0 Å². The Labute approximate surface area is 263 Å². The van der Waals surface area contributed by atoms with Crippen LogP contribution in [-0.4, -0.2) is 80.1 Å². The van der Waals surface area contributed by atoms with Crippen LogP contribution in [0.1, 0.15) is 53.0 Å². The molecule has 0 aromatic heterocycles. The molecule has 4 bridgehead atoms. The highest BCUT2D eigenvalue weighted by Gasteiger charge is 2.64. The van der Waals surface area contributed by atoms with Crippen LogP contribution in [-0.2, 0) is 35.0 Å². The molecule has 7 atom stereocenters. The number of ether oxygens (including phenoxy) is 5. The fourth-order valence-corrected chi connectivity index (χ4v) is 6.19. The Balaban J connectivity index is 1.80. The second-order valence-electron chi connectivity index (χ2n) is 12.4. The van der Waals surface area contributed by atoms with E-state index in [1.165, 1.54) is 19.1 Å². The molecule has 3 heterocycles. The number of fused-ring (bicyclic) bond motifs is 5. The molecule has 2 amide bonds. The van der Waals surface area contributed by atoms with E-state index in [1.54, 1.807) is 40.0 Å². The molecule has 3 aliphatic rings. The molecule has 0 radical (unpaired) electrons. The topological polar surface area (TPSA) is 136 Å². The minimum Gasteiger partial charge on any atom is -0.495 e. The van der Waals surface area contributed by atoms with Gasteiger partial charge in [-0.2, -0.15) is 0 Å². The highest BCUT2D eigenvalue weighted by molar-refractivity contribution is 6.35. The third kappa shape index (κ3) is 6.91. The molecular formula is C32H43ClN2O9. The number of halogens is 1. The Bertz CT molecular complexity index is 1350. The standard InChI is InChI=1S/C32H43ClN2O9/c1-17(2)29(37)43-25-15-26(36)35(6)21-13-20(14-22(40-7)27(21)33)12-18(3)10-9-11-24(41-8)32(39)16-23(42-30(38)34-32)19(4)28-31(25,5)44-28/h9-11,13-14,17,19,23-25,28,39H,12,15-16H2,1-8H3,(H,34,38)/b11-9+,18-10+/t19-,23+,24-,25+,28+,31-,32+/m1/s1. The number of alkyl carbamates (subject to hydrolysis) is 1. The van der Waals surface area contributed by atoms with Gasteiger partial charge in [-0.15, -0.1) is 0 Å². The molecule has 242 valence electrons. The lowest BCUT2D eigenvalue weighted by Crippen LogP contribution is -2.63. The molecule has 3 aliphatic heterocycles. The van der Waals surface area contributed by atoms with Crippen molar-refractivity contribution in [1.82, 2.24) is 5.32 Å². The first-order valence-electron chi connectivity index (χ1n) is 14.7. The number of amides is 2. The number of benzene rings is 1. The number of anilines is 1. The van der Waals surface area contributed by atoms with Gasteiger partial charge in [0.15, 0.2) is 5.72 Å². The number of aliphatic hydroxyl groups is 1. The summed E-state index contributed by atoms with van der Waals surface area (Å²) in [5.74, 6) is -1.30. The van der Waals surface area contributed by atoms with Gasteiger partial charge in [0, 0.05) is 26.5 Å². The molecule has 11 nitrogen and oxygen atoms in total. The molecule has 1 aromatic carbocycles. The van der Waals surface area contributed by atoms with Crippen molar-refractivity contribution in [2.24, 2.45) is 11.8 Å². The molecule has 1 aromatic rings. The number of hydrogen-bond acceptors (Lipinski definition) is 9. The number of allylic oxidation sites excluding steroid dienone is 3. The fourth-order valence-electron chi connectivity index (χ4n) is 5.88. The van der Waals surface area contributed by atoms with Crippen LogP contribution in [0.15, 0.2) is 35.9 Å². The second kappa shape index (κ2) is 13.1. The third-order valence-corrected chi connectivity index (χ3v) is 9.06. The molecule has 0 unspecified atom stereocenters. The summed E-state index contributed by atoms with van der Waals surface area (Å²) in [6, 6.07) is 3.63. The number of carbonyl (C=O) groups is 3. The van der Waals surface area contributed by atoms with E-state index in [9.17, 15) is 19.5 Å². The lowest BCUT2D eigenvalue weighted by atomic mass is 9.83. The zero-order chi connectivity index (χ0) is 32.6. The predicted molar refractivity (Wildman–Crippen MR) is 164 cm³/mol. The van der Waals surface area contributed by atoms with E-state index in [2.05, 4.69) is 5.32 Å². The maximum Gasteiger partial charge on any atom is 0.409 e. The molecule has 44 heavy (non-hydrogen) atoms. The molecule has 12 heteroatoms. The lowest BCUT2D eigenvalue weighted by Gasteiger charge is -2.42. The van der Waals surface area contributed by atoms with E-state index in [0.717, 1.165) is 11.1 Å². The highest BCUT2D eigenvalue weighted by Crippen LogP contribution is 2.49. The summed E-state index contributed by atoms with van der Waals surface area (Å²) in [6.07, 6.45) is 1.65. The highest BCUT2D eigenvalue weighted by atomic mass is 35.5. The first-order chi connectivity index (χ1) is 20.6.